The van der Waals surface area contributed by atoms with Crippen molar-refractivity contribution >= 4 is 22.5 Å². The summed E-state index contributed by atoms with van der Waals surface area (Å²) in [7, 11) is 0. The van der Waals surface area contributed by atoms with Crippen LogP contribution in [0.4, 0.5) is 0 Å². The molecule has 0 saturated heterocycles. The minimum atomic E-state index is 0.325. The maximum Gasteiger partial charge on any atom is 0.193 e. The molecular formula is C23H22N4OS. The highest BCUT2D eigenvalue weighted by Gasteiger charge is 2.25. The molecule has 0 spiro atoms. The van der Waals surface area contributed by atoms with E-state index in [9.17, 15) is 0 Å². The van der Waals surface area contributed by atoms with E-state index in [1.165, 1.54) is 10.9 Å². The highest BCUT2D eigenvalue weighted by molar-refractivity contribution is 7.99. The molecule has 0 bridgehead atoms. The van der Waals surface area contributed by atoms with Crippen molar-refractivity contribution in [2.75, 3.05) is 5.88 Å². The van der Waals surface area contributed by atoms with Crippen LogP contribution < -0.4 is 4.74 Å². The second kappa shape index (κ2) is 7.89. The van der Waals surface area contributed by atoms with Crippen LogP contribution >= 0.6 is 11.8 Å². The molecule has 1 aliphatic rings. The molecule has 2 heterocycles. The summed E-state index contributed by atoms with van der Waals surface area (Å²) in [4.78, 5) is 2.43. The van der Waals surface area contributed by atoms with Crippen molar-refractivity contribution in [3.8, 4) is 5.75 Å². The van der Waals surface area contributed by atoms with Crippen molar-refractivity contribution in [3.63, 3.8) is 0 Å². The Morgan fingerprint density at radius 3 is 2.66 bits per heavy atom. The molecule has 29 heavy (non-hydrogen) atoms. The van der Waals surface area contributed by atoms with Crippen LogP contribution in [0.25, 0.3) is 10.8 Å². The first-order chi connectivity index (χ1) is 14.3. The Morgan fingerprint density at radius 2 is 1.76 bits per heavy atom. The maximum atomic E-state index is 6.16. The van der Waals surface area contributed by atoms with Gasteiger partial charge in [-0.1, -0.05) is 78.5 Å². The Labute approximate surface area is 174 Å². The van der Waals surface area contributed by atoms with Gasteiger partial charge in [0.15, 0.2) is 11.0 Å². The summed E-state index contributed by atoms with van der Waals surface area (Å²) in [5, 5.41) is 12.0. The Hall–Kier alpha value is -2.83. The summed E-state index contributed by atoms with van der Waals surface area (Å²) in [6, 6.07) is 25.3. The third-order valence-electron chi connectivity index (χ3n) is 5.41. The molecule has 146 valence electrons. The Kier molecular flexibility index (Phi) is 4.96. The number of ether oxygens (including phenoxy) is 1. The van der Waals surface area contributed by atoms with Gasteiger partial charge in [-0.05, 0) is 23.9 Å². The lowest BCUT2D eigenvalue weighted by atomic mass is 10.1. The predicted octanol–water partition coefficient (Wildman–Crippen LogP) is 5.09. The summed E-state index contributed by atoms with van der Waals surface area (Å²) in [5.74, 6) is 2.63. The molecule has 4 aromatic rings. The third-order valence-corrected chi connectivity index (χ3v) is 6.43. The van der Waals surface area contributed by atoms with Crippen LogP contribution in [0, 0.1) is 0 Å². The molecular weight excluding hydrogens is 380 g/mol. The second-order valence-electron chi connectivity index (χ2n) is 7.18. The number of hydrogen-bond donors (Lipinski definition) is 0. The molecule has 0 N–H and O–H groups in total. The minimum Gasteiger partial charge on any atom is -0.485 e. The summed E-state index contributed by atoms with van der Waals surface area (Å²) in [6.45, 7) is 3.41. The molecule has 1 aromatic heterocycles. The lowest BCUT2D eigenvalue weighted by Gasteiger charge is -2.33. The third kappa shape index (κ3) is 3.61. The van der Waals surface area contributed by atoms with E-state index in [1.54, 1.807) is 11.8 Å². The van der Waals surface area contributed by atoms with Crippen LogP contribution in [-0.4, -0.2) is 25.5 Å². The number of rotatable bonds is 5. The first kappa shape index (κ1) is 18.2. The van der Waals surface area contributed by atoms with Gasteiger partial charge < -0.3 is 4.74 Å². The standard InChI is InChI=1S/C23H22N4OS/c1-17(18-8-3-2-4-9-18)26-15-27-22(24-25-23(27)29-16-26)14-28-21-13-7-11-19-10-5-6-12-20(19)21/h2-13,17H,14-16H2,1H3. The van der Waals surface area contributed by atoms with Crippen LogP contribution in [0.2, 0.25) is 0 Å². The summed E-state index contributed by atoms with van der Waals surface area (Å²) < 4.78 is 8.32. The fourth-order valence-electron chi connectivity index (χ4n) is 3.68. The Morgan fingerprint density at radius 1 is 0.966 bits per heavy atom. The van der Waals surface area contributed by atoms with Gasteiger partial charge in [-0.15, -0.1) is 10.2 Å². The van der Waals surface area contributed by atoms with Crippen LogP contribution in [-0.2, 0) is 13.3 Å². The summed E-state index contributed by atoms with van der Waals surface area (Å²) in [6.07, 6.45) is 0. The van der Waals surface area contributed by atoms with E-state index in [4.69, 9.17) is 4.74 Å². The van der Waals surface area contributed by atoms with Crippen LogP contribution in [0.15, 0.2) is 78.0 Å². The highest BCUT2D eigenvalue weighted by Crippen LogP contribution is 2.31. The van der Waals surface area contributed by atoms with Gasteiger partial charge in [0.25, 0.3) is 0 Å². The number of benzene rings is 3. The van der Waals surface area contributed by atoms with Crippen LogP contribution in [0.5, 0.6) is 5.75 Å². The van der Waals surface area contributed by atoms with Gasteiger partial charge in [0.1, 0.15) is 12.4 Å². The maximum absolute atomic E-state index is 6.16. The zero-order chi connectivity index (χ0) is 19.6. The molecule has 0 saturated carbocycles. The van der Waals surface area contributed by atoms with Crippen LogP contribution in [0.1, 0.15) is 24.4 Å². The second-order valence-corrected chi connectivity index (χ2v) is 8.10. The van der Waals surface area contributed by atoms with Gasteiger partial charge in [-0.3, -0.25) is 9.47 Å². The lowest BCUT2D eigenvalue weighted by molar-refractivity contribution is 0.172. The molecule has 1 aliphatic heterocycles. The van der Waals surface area contributed by atoms with E-state index in [-0.39, 0.29) is 0 Å². The summed E-state index contributed by atoms with van der Waals surface area (Å²) in [5.41, 5.74) is 1.32. The van der Waals surface area contributed by atoms with Crippen molar-refractivity contribution in [3.05, 3.63) is 84.2 Å². The van der Waals surface area contributed by atoms with E-state index in [2.05, 4.69) is 75.1 Å². The average molecular weight is 403 g/mol. The van der Waals surface area contributed by atoms with Crippen molar-refractivity contribution in [2.24, 2.45) is 0 Å². The molecule has 0 radical (unpaired) electrons. The van der Waals surface area contributed by atoms with E-state index in [1.807, 2.05) is 24.3 Å². The van der Waals surface area contributed by atoms with Gasteiger partial charge in [-0.2, -0.15) is 0 Å². The average Bonchev–Trinajstić information content (AvgIpc) is 3.20. The largest absolute Gasteiger partial charge is 0.485 e. The topological polar surface area (TPSA) is 43.2 Å². The normalized spacial score (nSPS) is 15.2. The minimum absolute atomic E-state index is 0.325. The van der Waals surface area contributed by atoms with Gasteiger partial charge in [0.2, 0.25) is 0 Å². The molecule has 5 rings (SSSR count). The number of aromatic nitrogens is 3. The van der Waals surface area contributed by atoms with Gasteiger partial charge >= 0.3 is 0 Å². The predicted molar refractivity (Wildman–Crippen MR) is 116 cm³/mol. The number of nitrogens with zero attached hydrogens (tertiary/aromatic N) is 4. The quantitative estimate of drug-likeness (QED) is 0.465. The summed E-state index contributed by atoms with van der Waals surface area (Å²) >= 11 is 1.72. The number of fused-ring (bicyclic) bond motifs is 2. The van der Waals surface area contributed by atoms with E-state index >= 15 is 0 Å². The van der Waals surface area contributed by atoms with Gasteiger partial charge in [0, 0.05) is 11.4 Å². The molecule has 0 amide bonds. The fourth-order valence-corrected chi connectivity index (χ4v) is 4.68. The molecule has 0 fully saturated rings. The molecule has 6 heteroatoms. The van der Waals surface area contributed by atoms with Crippen molar-refractivity contribution in [2.45, 2.75) is 31.4 Å². The van der Waals surface area contributed by atoms with Crippen molar-refractivity contribution in [1.82, 2.24) is 19.7 Å². The Bertz CT molecular complexity index is 1120. The number of thioether (sulfide) groups is 1. The van der Waals surface area contributed by atoms with Crippen LogP contribution in [0.3, 0.4) is 0 Å². The monoisotopic (exact) mass is 402 g/mol. The first-order valence-corrected chi connectivity index (χ1v) is 10.7. The highest BCUT2D eigenvalue weighted by atomic mass is 32.2. The van der Waals surface area contributed by atoms with Crippen molar-refractivity contribution < 1.29 is 4.74 Å². The molecule has 3 aromatic carbocycles. The SMILES string of the molecule is CC(c1ccccc1)N1CSc2nnc(COc3cccc4ccccc34)n2C1. The Balaban J connectivity index is 1.34. The molecule has 0 aliphatic carbocycles. The lowest BCUT2D eigenvalue weighted by Crippen LogP contribution is -2.33. The van der Waals surface area contributed by atoms with Crippen molar-refractivity contribution in [1.29, 1.82) is 0 Å². The zero-order valence-corrected chi connectivity index (χ0v) is 17.0. The fraction of sp³-hybridized carbons (Fsp3) is 0.217. The zero-order valence-electron chi connectivity index (χ0n) is 16.2. The molecule has 5 nitrogen and oxygen atoms in total. The van der Waals surface area contributed by atoms with E-state index in [0.29, 0.717) is 12.6 Å². The number of hydrogen-bond acceptors (Lipinski definition) is 5. The molecule has 1 unspecified atom stereocenters. The van der Waals surface area contributed by atoms with E-state index < -0.39 is 0 Å². The first-order valence-electron chi connectivity index (χ1n) is 9.74. The van der Waals surface area contributed by atoms with Gasteiger partial charge in [-0.25, -0.2) is 0 Å². The van der Waals surface area contributed by atoms with Gasteiger partial charge in [0.05, 0.1) is 12.5 Å². The smallest absolute Gasteiger partial charge is 0.193 e. The van der Waals surface area contributed by atoms with E-state index in [0.717, 1.165) is 34.7 Å². The molecule has 1 atom stereocenters.